The molecule has 3 atom stereocenters. The highest BCUT2D eigenvalue weighted by Crippen LogP contribution is 2.43. The van der Waals surface area contributed by atoms with E-state index in [4.69, 9.17) is 25.8 Å². The molecular weight excluding hydrogens is 1120 g/mol. The first kappa shape index (κ1) is 76.6. The van der Waals surface area contributed by atoms with Crippen LogP contribution in [0.3, 0.4) is 0 Å². The van der Waals surface area contributed by atoms with E-state index in [2.05, 4.69) is 91.3 Å². The summed E-state index contributed by atoms with van der Waals surface area (Å²) in [4.78, 5) is 65.5. The molecule has 12 nitrogen and oxygen atoms in total. The van der Waals surface area contributed by atoms with Gasteiger partial charge in [-0.25, -0.2) is 9.18 Å². The Morgan fingerprint density at radius 2 is 1.48 bits per heavy atom. The Bertz CT molecular complexity index is 3050. The van der Waals surface area contributed by atoms with Crippen molar-refractivity contribution in [2.45, 2.75) is 215 Å². The van der Waals surface area contributed by atoms with Crippen LogP contribution in [0.25, 0.3) is 27.2 Å². The van der Waals surface area contributed by atoms with E-state index < -0.39 is 11.9 Å². The van der Waals surface area contributed by atoms with Gasteiger partial charge in [-0.3, -0.25) is 29.4 Å². The first-order valence-electron chi connectivity index (χ1n) is 32.5. The number of nitrogens with one attached hydrogen (secondary N) is 1. The van der Waals surface area contributed by atoms with E-state index in [1.165, 1.54) is 47.1 Å². The number of halogens is 2. The number of hydrogen-bond acceptors (Lipinski definition) is 8. The van der Waals surface area contributed by atoms with Crippen LogP contribution in [-0.4, -0.2) is 78.0 Å². The Morgan fingerprint density at radius 3 is 2.05 bits per heavy atom. The number of hydrogen-bond donors (Lipinski definition) is 1. The highest BCUT2D eigenvalue weighted by Gasteiger charge is 2.35. The molecule has 1 N–H and O–H groups in total. The summed E-state index contributed by atoms with van der Waals surface area (Å²) in [6.45, 7) is 42.0. The maximum absolute atomic E-state index is 13.9. The number of anilines is 1. The van der Waals surface area contributed by atoms with Crippen molar-refractivity contribution in [2.75, 3.05) is 37.8 Å². The number of nitrogens with zero attached hydrogens (tertiary/aromatic N) is 3. The summed E-state index contributed by atoms with van der Waals surface area (Å²) >= 11 is 7.22. The Kier molecular flexibility index (Phi) is 35.4. The van der Waals surface area contributed by atoms with Crippen molar-refractivity contribution in [3.05, 3.63) is 117 Å². The Hall–Kier alpha value is -6.47. The minimum atomic E-state index is -0.733. The van der Waals surface area contributed by atoms with Gasteiger partial charge in [-0.1, -0.05) is 151 Å². The van der Waals surface area contributed by atoms with Crippen LogP contribution in [0.15, 0.2) is 84.0 Å². The molecule has 87 heavy (non-hydrogen) atoms. The molecule has 1 aliphatic rings. The number of imide groups is 1. The summed E-state index contributed by atoms with van der Waals surface area (Å²) in [7, 11) is 0. The highest BCUT2D eigenvalue weighted by molar-refractivity contribution is 6.34. The van der Waals surface area contributed by atoms with E-state index in [0.717, 1.165) is 88.6 Å². The van der Waals surface area contributed by atoms with Gasteiger partial charge < -0.3 is 23.7 Å². The van der Waals surface area contributed by atoms with Crippen molar-refractivity contribution in [2.24, 2.45) is 17.8 Å². The fourth-order valence-electron chi connectivity index (χ4n) is 10.3. The molecule has 6 rings (SSSR count). The topological polar surface area (TPSA) is 136 Å². The Morgan fingerprint density at radius 1 is 0.828 bits per heavy atom. The zero-order chi connectivity index (χ0) is 65.5. The molecule has 2 heterocycles. The van der Waals surface area contributed by atoms with Crippen LogP contribution in [0.2, 0.25) is 5.02 Å². The lowest BCUT2D eigenvalue weighted by atomic mass is 9.86. The molecule has 0 bridgehead atoms. The number of aromatic nitrogens is 1. The molecular formula is C73H108ClFN4O8. The van der Waals surface area contributed by atoms with Crippen molar-refractivity contribution in [1.29, 1.82) is 0 Å². The third-order valence-corrected chi connectivity index (χ3v) is 15.9. The second kappa shape index (κ2) is 40.1. The van der Waals surface area contributed by atoms with Crippen molar-refractivity contribution in [1.82, 2.24) is 14.8 Å². The number of piperidine rings is 1. The second-order valence-corrected chi connectivity index (χ2v) is 22.7. The molecule has 3 unspecified atom stereocenters. The van der Waals surface area contributed by atoms with Gasteiger partial charge in [0.05, 0.1) is 23.8 Å². The number of esters is 1. The predicted octanol–water partition coefficient (Wildman–Crippen LogP) is 18.7. The van der Waals surface area contributed by atoms with Gasteiger partial charge in [-0.2, -0.15) is 0 Å². The van der Waals surface area contributed by atoms with E-state index in [0.29, 0.717) is 79.7 Å². The fourth-order valence-corrected chi connectivity index (χ4v) is 10.5. The van der Waals surface area contributed by atoms with Crippen molar-refractivity contribution >= 4 is 74.1 Å². The quantitative estimate of drug-likeness (QED) is 0.0250. The lowest BCUT2D eigenvalue weighted by Crippen LogP contribution is -2.54. The van der Waals surface area contributed by atoms with E-state index in [1.54, 1.807) is 29.2 Å². The number of rotatable bonds is 26. The molecule has 1 aliphatic heterocycles. The molecule has 1 fully saturated rings. The molecule has 1 saturated heterocycles. The molecule has 0 spiro atoms. The van der Waals surface area contributed by atoms with Gasteiger partial charge in [0.15, 0.2) is 6.61 Å². The Labute approximate surface area is 528 Å². The average Bonchev–Trinajstić information content (AvgIpc) is 1.78. The number of carbonyl (C=O) groups is 5. The molecule has 4 aromatic carbocycles. The monoisotopic (exact) mass is 1220 g/mol. The number of allylic oxidation sites excluding steroid dienone is 4. The van der Waals surface area contributed by atoms with Crippen molar-refractivity contribution < 1.29 is 42.6 Å². The summed E-state index contributed by atoms with van der Waals surface area (Å²) in [6.07, 6.45) is 11.0. The van der Waals surface area contributed by atoms with Crippen LogP contribution in [0.4, 0.5) is 10.1 Å². The van der Waals surface area contributed by atoms with Gasteiger partial charge in [-0.05, 0) is 173 Å². The molecule has 4 amide bonds. The molecule has 5 aromatic rings. The lowest BCUT2D eigenvalue weighted by molar-refractivity contribution is -0.135. The van der Waals surface area contributed by atoms with Gasteiger partial charge in [-0.15, -0.1) is 0 Å². The van der Waals surface area contributed by atoms with Crippen LogP contribution in [0.5, 0.6) is 11.5 Å². The molecule has 0 radical (unpaired) electrons. The summed E-state index contributed by atoms with van der Waals surface area (Å²) in [5.74, 6) is 1.25. The predicted molar refractivity (Wildman–Crippen MR) is 362 cm³/mol. The molecule has 0 aliphatic carbocycles. The normalized spacial score (nSPS) is 13.9. The third kappa shape index (κ3) is 22.3. The largest absolute Gasteiger partial charge is 0.493 e. The second-order valence-electron chi connectivity index (χ2n) is 22.3. The average molecular weight is 1220 g/mol. The Balaban J connectivity index is 0.000000564. The number of aryl methyl sites for hydroxylation is 3. The number of carbonyl (C=O) groups excluding carboxylic acids is 5. The van der Waals surface area contributed by atoms with Gasteiger partial charge in [0.1, 0.15) is 29.1 Å². The van der Waals surface area contributed by atoms with Crippen molar-refractivity contribution in [3.8, 4) is 11.5 Å². The van der Waals surface area contributed by atoms with Gasteiger partial charge in [0.2, 0.25) is 17.7 Å². The zero-order valence-electron chi connectivity index (χ0n) is 56.6. The zero-order valence-corrected chi connectivity index (χ0v) is 57.4. The van der Waals surface area contributed by atoms with E-state index in [1.807, 2.05) is 79.7 Å². The molecule has 1 aromatic heterocycles. The minimum absolute atomic E-state index is 0.0532. The highest BCUT2D eigenvalue weighted by atomic mass is 35.5. The van der Waals surface area contributed by atoms with Crippen molar-refractivity contribution in [3.63, 3.8) is 0 Å². The number of fused-ring (bicyclic) bond motifs is 2. The molecule has 0 saturated carbocycles. The minimum Gasteiger partial charge on any atom is -0.493 e. The maximum Gasteiger partial charge on any atom is 0.355 e. The van der Waals surface area contributed by atoms with Crippen LogP contribution in [0, 0.1) is 30.5 Å². The van der Waals surface area contributed by atoms with E-state index >= 15 is 0 Å². The van der Waals surface area contributed by atoms with Crippen LogP contribution < -0.4 is 19.7 Å². The van der Waals surface area contributed by atoms with E-state index in [9.17, 15) is 28.4 Å². The van der Waals surface area contributed by atoms with Crippen LogP contribution in [-0.2, 0) is 36.9 Å². The maximum atomic E-state index is 13.9. The van der Waals surface area contributed by atoms with Gasteiger partial charge in [0.25, 0.3) is 5.91 Å². The van der Waals surface area contributed by atoms with Crippen LogP contribution in [0.1, 0.15) is 216 Å². The fraction of sp³-hybridized carbons (Fsp3) is 0.548. The molecule has 14 heteroatoms. The summed E-state index contributed by atoms with van der Waals surface area (Å²) in [5.41, 5.74) is 8.55. The summed E-state index contributed by atoms with van der Waals surface area (Å²) < 4.78 is 33.8. The first-order chi connectivity index (χ1) is 41.6. The van der Waals surface area contributed by atoms with Crippen LogP contribution >= 0.6 is 11.6 Å². The number of ether oxygens (including phenoxy) is 3. The lowest BCUT2D eigenvalue weighted by Gasteiger charge is -2.33. The standard InChI is InChI=1S/C42H53ClFNO3.C22H31N3O5.C5H12.2C2H6/c1-9-15-29(7)38(30(8)28(6)11-3)39-36(43)22-21-35-34(41(42(46)47-12-4)45(40(35)39)24-23-27(5)10-2)17-14-25-48-37-18-13-16-31-26-32(44)19-20-33(31)37;1-5-11-24(12-6-2)21(28)14-30-17-7-8-18(15(3)13-17)25(16(4)26)19-9-10-20(27)23-22(19)29;1-4-5(2)3;2*1-2/h13,15-16,18-22,26-28H,9-12,14,17,23-25H2,1-8H3;7-8,13,19H,5-6,9-12,14H2,1-4H3,(H,23,27,29);5H,4H2,1-3H3;2*1-2H3/b29-15-,38-30+;;;;. The van der Waals surface area contributed by atoms with Gasteiger partial charge in [0, 0.05) is 55.0 Å². The molecule has 482 valence electrons. The first-order valence-corrected chi connectivity index (χ1v) is 32.8. The summed E-state index contributed by atoms with van der Waals surface area (Å²) in [5, 5.41) is 5.68. The summed E-state index contributed by atoms with van der Waals surface area (Å²) in [6, 6.07) is 18.9. The smallest absolute Gasteiger partial charge is 0.355 e. The van der Waals surface area contributed by atoms with Gasteiger partial charge >= 0.3 is 5.97 Å². The van der Waals surface area contributed by atoms with E-state index in [-0.39, 0.29) is 49.0 Å². The SMILES string of the molecule is CC.CC.CC/C=C(C)\C(=C(\C)C(C)CC)c1c(Cl)ccc2c(CCCOc3cccc4cc(F)ccc34)c(C(=O)OCC)n(CCC(C)CC)c12.CCC(C)C.CCCN(CCC)C(=O)COc1ccc(N(C(C)=O)C2CCC(=O)NC2=O)c(C)c1. The number of benzene rings is 4. The third-order valence-electron chi connectivity index (χ3n) is 15.6. The number of amides is 4.